The summed E-state index contributed by atoms with van der Waals surface area (Å²) in [7, 11) is -2.55. The van der Waals surface area contributed by atoms with Crippen LogP contribution in [0.5, 0.6) is 0 Å². The topological polar surface area (TPSA) is 40.9 Å². The van der Waals surface area contributed by atoms with E-state index in [4.69, 9.17) is 4.78 Å². The Labute approximate surface area is 81.1 Å². The Morgan fingerprint density at radius 1 is 1.58 bits per heavy atom. The molecular weight excluding hydrogens is 238 g/mol. The minimum Gasteiger partial charge on any atom is -0.249 e. The number of hydrogen-bond donors (Lipinski definition) is 1. The Hall–Kier alpha value is -0.350. The highest BCUT2D eigenvalue weighted by atomic mass is 79.9. The molecule has 0 radical (unpaired) electrons. The molecule has 0 aromatic heterocycles. The van der Waals surface area contributed by atoms with Gasteiger partial charge in [-0.3, -0.25) is 0 Å². The molecule has 1 atom stereocenters. The van der Waals surface area contributed by atoms with E-state index in [2.05, 4.69) is 15.9 Å². The molecule has 66 valence electrons. The largest absolute Gasteiger partial charge is 0.249 e. The van der Waals surface area contributed by atoms with Crippen LogP contribution in [0.3, 0.4) is 0 Å². The molecule has 1 aromatic carbocycles. The summed E-state index contributed by atoms with van der Waals surface area (Å²) in [5.41, 5.74) is 0. The molecule has 0 unspecified atom stereocenters. The fourth-order valence-corrected chi connectivity index (χ4v) is 2.34. The van der Waals surface area contributed by atoms with Crippen molar-refractivity contribution < 1.29 is 4.21 Å². The van der Waals surface area contributed by atoms with Crippen LogP contribution >= 0.6 is 15.9 Å². The summed E-state index contributed by atoms with van der Waals surface area (Å²) in [5, 5.41) is 0. The van der Waals surface area contributed by atoms with E-state index in [-0.39, 0.29) is 0 Å². The van der Waals surface area contributed by atoms with Crippen LogP contribution in [0.15, 0.2) is 33.6 Å². The van der Waals surface area contributed by atoms with Crippen molar-refractivity contribution in [2.45, 2.75) is 11.8 Å². The summed E-state index contributed by atoms with van der Waals surface area (Å²) in [6.07, 6.45) is 0. The summed E-state index contributed by atoms with van der Waals surface area (Å²) < 4.78 is 19.9. The van der Waals surface area contributed by atoms with Crippen molar-refractivity contribution in [2.24, 2.45) is 0 Å². The number of halogens is 1. The highest BCUT2D eigenvalue weighted by Gasteiger charge is 2.06. The summed E-state index contributed by atoms with van der Waals surface area (Å²) in [6, 6.07) is 7.11. The van der Waals surface area contributed by atoms with E-state index in [1.165, 1.54) is 0 Å². The molecular formula is C8H10BrNOS. The molecule has 4 heteroatoms. The Kier molecular flexibility index (Phi) is 2.90. The SMILES string of the molecule is CC[S@](=N)(=O)c1cccc(Br)c1. The van der Waals surface area contributed by atoms with Crippen molar-refractivity contribution in [3.8, 4) is 0 Å². The summed E-state index contributed by atoms with van der Waals surface area (Å²) in [5.74, 6) is 0.365. The summed E-state index contributed by atoms with van der Waals surface area (Å²) in [6.45, 7) is 1.76. The Bertz CT molecular complexity index is 372. The lowest BCUT2D eigenvalue weighted by Gasteiger charge is -2.03. The van der Waals surface area contributed by atoms with E-state index < -0.39 is 9.73 Å². The molecule has 0 aliphatic heterocycles. The fourth-order valence-electron chi connectivity index (χ4n) is 0.839. The second-order valence-electron chi connectivity index (χ2n) is 2.42. The normalized spacial score (nSPS) is 15.5. The molecule has 1 aromatic rings. The molecule has 0 bridgehead atoms. The molecule has 0 aliphatic rings. The minimum absolute atomic E-state index is 0.365. The van der Waals surface area contributed by atoms with Gasteiger partial charge in [0.15, 0.2) is 0 Å². The molecule has 0 amide bonds. The second-order valence-corrected chi connectivity index (χ2v) is 5.74. The molecule has 0 fully saturated rings. The van der Waals surface area contributed by atoms with E-state index in [9.17, 15) is 4.21 Å². The first-order valence-electron chi connectivity index (χ1n) is 3.58. The van der Waals surface area contributed by atoms with Crippen LogP contribution in [0.4, 0.5) is 0 Å². The first-order valence-corrected chi connectivity index (χ1v) is 6.10. The second kappa shape index (κ2) is 3.58. The predicted octanol–water partition coefficient (Wildman–Crippen LogP) is 2.87. The van der Waals surface area contributed by atoms with Gasteiger partial charge in [-0.2, -0.15) is 0 Å². The standard InChI is InChI=1S/C8H10BrNOS/c1-2-12(10,11)8-5-3-4-7(9)6-8/h3-6,10H,2H2,1H3/t12-/m0/s1. The van der Waals surface area contributed by atoms with Gasteiger partial charge in [0.2, 0.25) is 0 Å². The highest BCUT2D eigenvalue weighted by Crippen LogP contribution is 2.17. The summed E-state index contributed by atoms with van der Waals surface area (Å²) in [4.78, 5) is 0.597. The number of rotatable bonds is 2. The fraction of sp³-hybridized carbons (Fsp3) is 0.250. The average Bonchev–Trinajstić information content (AvgIpc) is 2.05. The van der Waals surface area contributed by atoms with Crippen molar-refractivity contribution in [3.05, 3.63) is 28.7 Å². The highest BCUT2D eigenvalue weighted by molar-refractivity contribution is 9.10. The molecule has 0 spiro atoms. The summed E-state index contributed by atoms with van der Waals surface area (Å²) >= 11 is 3.27. The lowest BCUT2D eigenvalue weighted by molar-refractivity contribution is 0.675. The Balaban J connectivity index is 3.21. The van der Waals surface area contributed by atoms with Crippen molar-refractivity contribution in [1.82, 2.24) is 0 Å². The molecule has 0 aliphatic carbocycles. The zero-order valence-corrected chi connectivity index (χ0v) is 9.11. The van der Waals surface area contributed by atoms with Gasteiger partial charge in [-0.1, -0.05) is 28.9 Å². The van der Waals surface area contributed by atoms with Crippen molar-refractivity contribution >= 4 is 25.7 Å². The zero-order chi connectivity index (χ0) is 9.19. The Morgan fingerprint density at radius 3 is 2.75 bits per heavy atom. The molecule has 2 nitrogen and oxygen atoms in total. The van der Waals surface area contributed by atoms with Gasteiger partial charge in [-0.15, -0.1) is 0 Å². The maximum Gasteiger partial charge on any atom is 0.0723 e. The monoisotopic (exact) mass is 247 g/mol. The third-order valence-corrected chi connectivity index (χ3v) is 3.91. The molecule has 1 N–H and O–H groups in total. The third-order valence-electron chi connectivity index (χ3n) is 1.58. The van der Waals surface area contributed by atoms with E-state index in [1.807, 2.05) is 6.07 Å². The van der Waals surface area contributed by atoms with Gasteiger partial charge in [0, 0.05) is 15.1 Å². The Morgan fingerprint density at radius 2 is 2.25 bits per heavy atom. The zero-order valence-electron chi connectivity index (χ0n) is 6.71. The van der Waals surface area contributed by atoms with Crippen LogP contribution in [0.1, 0.15) is 6.92 Å². The smallest absolute Gasteiger partial charge is 0.0723 e. The average molecular weight is 248 g/mol. The van der Waals surface area contributed by atoms with Gasteiger partial charge in [0.05, 0.1) is 9.73 Å². The van der Waals surface area contributed by atoms with E-state index in [0.717, 1.165) is 4.47 Å². The van der Waals surface area contributed by atoms with Gasteiger partial charge >= 0.3 is 0 Å². The van der Waals surface area contributed by atoms with Gasteiger partial charge in [0.1, 0.15) is 0 Å². The van der Waals surface area contributed by atoms with E-state index in [1.54, 1.807) is 25.1 Å². The van der Waals surface area contributed by atoms with Gasteiger partial charge < -0.3 is 0 Å². The lowest BCUT2D eigenvalue weighted by atomic mass is 10.4. The van der Waals surface area contributed by atoms with Gasteiger partial charge in [-0.25, -0.2) is 8.99 Å². The molecule has 0 heterocycles. The minimum atomic E-state index is -2.55. The number of hydrogen-bond acceptors (Lipinski definition) is 2. The first-order chi connectivity index (χ1) is 5.56. The molecule has 1 rings (SSSR count). The maximum atomic E-state index is 11.6. The van der Waals surface area contributed by atoms with Gasteiger partial charge in [-0.05, 0) is 18.2 Å². The lowest BCUT2D eigenvalue weighted by Crippen LogP contribution is -2.00. The predicted molar refractivity (Wildman–Crippen MR) is 53.8 cm³/mol. The van der Waals surface area contributed by atoms with E-state index in [0.29, 0.717) is 10.6 Å². The van der Waals surface area contributed by atoms with Crippen LogP contribution in [-0.4, -0.2) is 9.96 Å². The molecule has 12 heavy (non-hydrogen) atoms. The number of benzene rings is 1. The third kappa shape index (κ3) is 2.08. The van der Waals surface area contributed by atoms with Gasteiger partial charge in [0.25, 0.3) is 0 Å². The molecule has 0 saturated carbocycles. The van der Waals surface area contributed by atoms with Crippen LogP contribution in [-0.2, 0) is 9.73 Å². The van der Waals surface area contributed by atoms with Crippen molar-refractivity contribution in [1.29, 1.82) is 4.78 Å². The van der Waals surface area contributed by atoms with Crippen LogP contribution in [0.2, 0.25) is 0 Å². The van der Waals surface area contributed by atoms with Crippen LogP contribution < -0.4 is 0 Å². The number of nitrogens with one attached hydrogen (secondary N) is 1. The van der Waals surface area contributed by atoms with Crippen LogP contribution in [0, 0.1) is 4.78 Å². The molecule has 0 saturated heterocycles. The maximum absolute atomic E-state index is 11.6. The van der Waals surface area contributed by atoms with Crippen LogP contribution in [0.25, 0.3) is 0 Å². The first kappa shape index (κ1) is 9.74. The quantitative estimate of drug-likeness (QED) is 0.858. The van der Waals surface area contributed by atoms with Crippen molar-refractivity contribution in [2.75, 3.05) is 5.75 Å². The van der Waals surface area contributed by atoms with E-state index >= 15 is 0 Å². The van der Waals surface area contributed by atoms with Crippen molar-refractivity contribution in [3.63, 3.8) is 0 Å².